The van der Waals surface area contributed by atoms with Crippen LogP contribution in [-0.4, -0.2) is 34.8 Å². The first-order chi connectivity index (χ1) is 8.74. The fourth-order valence-corrected chi connectivity index (χ4v) is 2.95. The second kappa shape index (κ2) is 4.61. The molecule has 1 amide bonds. The zero-order valence-electron chi connectivity index (χ0n) is 10.2. The number of aliphatic hydroxyl groups excluding tert-OH is 1. The number of aliphatic hydroxyl groups is 1. The third kappa shape index (κ3) is 2.08. The van der Waals surface area contributed by atoms with E-state index in [9.17, 15) is 9.90 Å². The lowest BCUT2D eigenvalue weighted by Crippen LogP contribution is -2.41. The number of fused-ring (bicyclic) bond motifs is 2. The lowest BCUT2D eigenvalue weighted by atomic mass is 10.1. The summed E-state index contributed by atoms with van der Waals surface area (Å²) >= 11 is 0. The predicted molar refractivity (Wildman–Crippen MR) is 65.9 cm³/mol. The molecule has 0 aromatic heterocycles. The molecule has 2 bridgehead atoms. The molecular weight excluding hydrogens is 230 g/mol. The van der Waals surface area contributed by atoms with E-state index < -0.39 is 0 Å². The average molecular weight is 247 g/mol. The molecule has 1 saturated heterocycles. The van der Waals surface area contributed by atoms with Crippen molar-refractivity contribution in [1.29, 1.82) is 0 Å². The fourth-order valence-electron chi connectivity index (χ4n) is 2.95. The number of carbonyl (C=O) groups is 1. The number of nitrogens with zero attached hydrogens (tertiary/aromatic N) is 1. The SMILES string of the molecule is O=C(OCc1ccccc1)N1C[C@H]2C[C@@H]1CC2O. The Kier molecular flexibility index (Phi) is 2.96. The van der Waals surface area contributed by atoms with Gasteiger partial charge in [-0.3, -0.25) is 0 Å². The third-order valence-corrected chi connectivity index (χ3v) is 3.94. The summed E-state index contributed by atoms with van der Waals surface area (Å²) in [6.07, 6.45) is 1.14. The van der Waals surface area contributed by atoms with Crippen LogP contribution >= 0.6 is 0 Å². The zero-order chi connectivity index (χ0) is 12.5. The lowest BCUT2D eigenvalue weighted by Gasteiger charge is -2.28. The highest BCUT2D eigenvalue weighted by molar-refractivity contribution is 5.68. The number of benzene rings is 1. The molecule has 1 N–H and O–H groups in total. The van der Waals surface area contributed by atoms with Crippen molar-refractivity contribution in [2.45, 2.75) is 31.6 Å². The topological polar surface area (TPSA) is 49.8 Å². The minimum absolute atomic E-state index is 0.174. The number of carbonyl (C=O) groups excluding carboxylic acids is 1. The Morgan fingerprint density at radius 2 is 2.11 bits per heavy atom. The van der Waals surface area contributed by atoms with Crippen molar-refractivity contribution in [1.82, 2.24) is 4.90 Å². The largest absolute Gasteiger partial charge is 0.445 e. The van der Waals surface area contributed by atoms with Crippen LogP contribution in [0.1, 0.15) is 18.4 Å². The molecule has 1 aliphatic carbocycles. The van der Waals surface area contributed by atoms with Gasteiger partial charge in [-0.25, -0.2) is 4.79 Å². The van der Waals surface area contributed by atoms with Crippen molar-refractivity contribution in [2.75, 3.05) is 6.54 Å². The molecule has 1 heterocycles. The number of hydrogen-bond acceptors (Lipinski definition) is 3. The first kappa shape index (κ1) is 11.5. The van der Waals surface area contributed by atoms with E-state index in [0.29, 0.717) is 19.6 Å². The maximum atomic E-state index is 11.9. The maximum Gasteiger partial charge on any atom is 0.410 e. The quantitative estimate of drug-likeness (QED) is 0.866. The summed E-state index contributed by atoms with van der Waals surface area (Å²) in [4.78, 5) is 13.7. The molecule has 4 heteroatoms. The van der Waals surface area contributed by atoms with Gasteiger partial charge in [-0.2, -0.15) is 0 Å². The summed E-state index contributed by atoms with van der Waals surface area (Å²) in [5.74, 6) is 0.249. The van der Waals surface area contributed by atoms with Crippen LogP contribution in [-0.2, 0) is 11.3 Å². The number of piperidine rings is 1. The molecule has 3 atom stereocenters. The number of hydrogen-bond donors (Lipinski definition) is 1. The molecule has 1 aliphatic heterocycles. The lowest BCUT2D eigenvalue weighted by molar-refractivity contribution is 0.0517. The van der Waals surface area contributed by atoms with Crippen molar-refractivity contribution in [2.24, 2.45) is 5.92 Å². The fraction of sp³-hybridized carbons (Fsp3) is 0.500. The molecule has 18 heavy (non-hydrogen) atoms. The van der Waals surface area contributed by atoms with E-state index in [0.717, 1.165) is 12.0 Å². The summed E-state index contributed by atoms with van der Waals surface area (Å²) < 4.78 is 5.31. The molecule has 1 saturated carbocycles. The predicted octanol–water partition coefficient (Wildman–Crippen LogP) is 1.78. The van der Waals surface area contributed by atoms with Gasteiger partial charge in [-0.15, -0.1) is 0 Å². The summed E-state index contributed by atoms with van der Waals surface area (Å²) in [5.41, 5.74) is 0.996. The van der Waals surface area contributed by atoms with Crippen molar-refractivity contribution >= 4 is 6.09 Å². The number of ether oxygens (including phenoxy) is 1. The number of amides is 1. The van der Waals surface area contributed by atoms with Gasteiger partial charge in [-0.05, 0) is 18.4 Å². The molecule has 1 aromatic rings. The van der Waals surface area contributed by atoms with Gasteiger partial charge in [0.2, 0.25) is 0 Å². The Balaban J connectivity index is 1.54. The van der Waals surface area contributed by atoms with Gasteiger partial charge in [0.25, 0.3) is 0 Å². The second-order valence-corrected chi connectivity index (χ2v) is 5.15. The van der Waals surface area contributed by atoms with E-state index in [2.05, 4.69) is 0 Å². The number of likely N-dealkylation sites (tertiary alicyclic amines) is 1. The van der Waals surface area contributed by atoms with E-state index in [-0.39, 0.29) is 24.2 Å². The van der Waals surface area contributed by atoms with Crippen LogP contribution in [0.4, 0.5) is 4.79 Å². The maximum absolute atomic E-state index is 11.9. The molecule has 3 rings (SSSR count). The van der Waals surface area contributed by atoms with E-state index in [1.54, 1.807) is 4.90 Å². The summed E-state index contributed by atoms with van der Waals surface area (Å²) in [6, 6.07) is 9.84. The minimum atomic E-state index is -0.252. The third-order valence-electron chi connectivity index (χ3n) is 3.94. The van der Waals surface area contributed by atoms with Crippen LogP contribution in [0.25, 0.3) is 0 Å². The smallest absolute Gasteiger partial charge is 0.410 e. The molecule has 96 valence electrons. The van der Waals surface area contributed by atoms with Crippen LogP contribution in [0.3, 0.4) is 0 Å². The molecule has 1 aromatic carbocycles. The standard InChI is InChI=1S/C14H17NO3/c16-13-7-12-6-11(13)8-15(12)14(17)18-9-10-4-2-1-3-5-10/h1-5,11-13,16H,6-9H2/t11-,12-,13?/m1/s1. The monoisotopic (exact) mass is 247 g/mol. The summed E-state index contributed by atoms with van der Waals surface area (Å²) in [5, 5.41) is 9.65. The van der Waals surface area contributed by atoms with Gasteiger partial charge >= 0.3 is 6.09 Å². The number of rotatable bonds is 2. The Hall–Kier alpha value is -1.55. The highest BCUT2D eigenvalue weighted by Crippen LogP contribution is 2.37. The average Bonchev–Trinajstić information content (AvgIpc) is 2.96. The van der Waals surface area contributed by atoms with Gasteiger partial charge in [0, 0.05) is 18.5 Å². The molecule has 4 nitrogen and oxygen atoms in total. The van der Waals surface area contributed by atoms with Crippen LogP contribution in [0.15, 0.2) is 30.3 Å². The van der Waals surface area contributed by atoms with Gasteiger partial charge < -0.3 is 14.7 Å². The minimum Gasteiger partial charge on any atom is -0.445 e. The van der Waals surface area contributed by atoms with E-state index >= 15 is 0 Å². The van der Waals surface area contributed by atoms with E-state index in [1.165, 1.54) is 0 Å². The summed E-state index contributed by atoms with van der Waals surface area (Å²) in [6.45, 7) is 0.954. The van der Waals surface area contributed by atoms with Crippen LogP contribution in [0.5, 0.6) is 0 Å². The van der Waals surface area contributed by atoms with Crippen LogP contribution in [0, 0.1) is 5.92 Å². The zero-order valence-corrected chi connectivity index (χ0v) is 10.2. The molecule has 2 aliphatic rings. The van der Waals surface area contributed by atoms with E-state index in [4.69, 9.17) is 4.74 Å². The van der Waals surface area contributed by atoms with Crippen molar-refractivity contribution < 1.29 is 14.6 Å². The van der Waals surface area contributed by atoms with Crippen LogP contribution < -0.4 is 0 Å². The Morgan fingerprint density at radius 1 is 1.33 bits per heavy atom. The van der Waals surface area contributed by atoms with Crippen molar-refractivity contribution in [3.8, 4) is 0 Å². The Bertz CT molecular complexity index is 432. The normalized spacial score (nSPS) is 29.6. The van der Waals surface area contributed by atoms with Crippen molar-refractivity contribution in [3.63, 3.8) is 0 Å². The molecule has 2 fully saturated rings. The summed E-state index contributed by atoms with van der Waals surface area (Å²) in [7, 11) is 0. The van der Waals surface area contributed by atoms with Gasteiger partial charge in [0.05, 0.1) is 6.10 Å². The first-order valence-electron chi connectivity index (χ1n) is 6.39. The highest BCUT2D eigenvalue weighted by atomic mass is 16.6. The first-order valence-corrected chi connectivity index (χ1v) is 6.39. The Morgan fingerprint density at radius 3 is 2.72 bits per heavy atom. The molecule has 1 unspecified atom stereocenters. The van der Waals surface area contributed by atoms with Gasteiger partial charge in [0.15, 0.2) is 0 Å². The Labute approximate surface area is 106 Å². The molecule has 0 spiro atoms. The van der Waals surface area contributed by atoms with Gasteiger partial charge in [-0.1, -0.05) is 30.3 Å². The van der Waals surface area contributed by atoms with Gasteiger partial charge in [0.1, 0.15) is 6.61 Å². The highest BCUT2D eigenvalue weighted by Gasteiger charge is 2.46. The van der Waals surface area contributed by atoms with Crippen LogP contribution in [0.2, 0.25) is 0 Å². The molecule has 0 radical (unpaired) electrons. The second-order valence-electron chi connectivity index (χ2n) is 5.15. The van der Waals surface area contributed by atoms with Crippen molar-refractivity contribution in [3.05, 3.63) is 35.9 Å². The molecular formula is C14H17NO3. The van der Waals surface area contributed by atoms with E-state index in [1.807, 2.05) is 30.3 Å².